The van der Waals surface area contributed by atoms with E-state index in [1.54, 1.807) is 0 Å². The minimum atomic E-state index is 0.121. The molecule has 0 atom stereocenters. The smallest absolute Gasteiger partial charge is 0.228 e. The Balaban J connectivity index is 1.22. The first-order chi connectivity index (χ1) is 16.0. The molecule has 2 saturated heterocycles. The molecule has 4 rings (SSSR count). The van der Waals surface area contributed by atoms with Crippen LogP contribution in [0.1, 0.15) is 55.5 Å². The molecule has 1 aromatic carbocycles. The van der Waals surface area contributed by atoms with Crippen molar-refractivity contribution in [3.63, 3.8) is 0 Å². The van der Waals surface area contributed by atoms with E-state index in [2.05, 4.69) is 15.1 Å². The van der Waals surface area contributed by atoms with Crippen molar-refractivity contribution >= 4 is 17.5 Å². The summed E-state index contributed by atoms with van der Waals surface area (Å²) in [7, 11) is 0. The van der Waals surface area contributed by atoms with Crippen LogP contribution in [-0.4, -0.2) is 60.0 Å². The van der Waals surface area contributed by atoms with Crippen molar-refractivity contribution in [2.24, 2.45) is 5.92 Å². The van der Waals surface area contributed by atoms with Crippen LogP contribution < -0.4 is 5.32 Å². The number of nitrogens with zero attached hydrogens (tertiary/aromatic N) is 3. The maximum absolute atomic E-state index is 12.6. The Hall–Kier alpha value is -1.89. The van der Waals surface area contributed by atoms with Crippen LogP contribution in [0.3, 0.4) is 0 Å². The maximum atomic E-state index is 12.6. The van der Waals surface area contributed by atoms with Crippen molar-refractivity contribution in [3.05, 3.63) is 40.2 Å². The van der Waals surface area contributed by atoms with Gasteiger partial charge in [0.05, 0.1) is 16.3 Å². The molecular weight excluding hydrogens is 436 g/mol. The van der Waals surface area contributed by atoms with Crippen LogP contribution in [0.4, 0.5) is 0 Å². The number of piperidine rings is 2. The first-order valence-electron chi connectivity index (χ1n) is 12.5. The molecule has 0 saturated carbocycles. The van der Waals surface area contributed by atoms with Gasteiger partial charge in [-0.2, -0.15) is 0 Å². The van der Waals surface area contributed by atoms with Crippen LogP contribution in [0.15, 0.2) is 22.6 Å². The number of likely N-dealkylation sites (tertiary alicyclic amines) is 2. The van der Waals surface area contributed by atoms with Crippen molar-refractivity contribution < 1.29 is 9.21 Å². The minimum Gasteiger partial charge on any atom is -0.441 e. The lowest BCUT2D eigenvalue weighted by molar-refractivity contribution is -0.126. The molecule has 2 aliphatic heterocycles. The van der Waals surface area contributed by atoms with Gasteiger partial charge in [-0.15, -0.1) is 0 Å². The van der Waals surface area contributed by atoms with Gasteiger partial charge >= 0.3 is 0 Å². The number of carbonyl (C=O) groups excluding carboxylic acids is 1. The highest BCUT2D eigenvalue weighted by atomic mass is 35.5. The molecule has 7 heteroatoms. The molecule has 0 bridgehead atoms. The maximum Gasteiger partial charge on any atom is 0.228 e. The summed E-state index contributed by atoms with van der Waals surface area (Å²) in [4.78, 5) is 22.3. The van der Waals surface area contributed by atoms with E-state index in [4.69, 9.17) is 21.0 Å². The highest BCUT2D eigenvalue weighted by Gasteiger charge is 2.26. The summed E-state index contributed by atoms with van der Waals surface area (Å²) in [5.74, 6) is 1.76. The van der Waals surface area contributed by atoms with Gasteiger partial charge < -0.3 is 14.6 Å². The fourth-order valence-corrected chi connectivity index (χ4v) is 5.29. The predicted octanol–water partition coefficient (Wildman–Crippen LogP) is 4.82. The van der Waals surface area contributed by atoms with Crippen LogP contribution >= 0.6 is 11.6 Å². The monoisotopic (exact) mass is 472 g/mol. The quantitative estimate of drug-likeness (QED) is 0.558. The first-order valence-corrected chi connectivity index (χ1v) is 12.8. The fourth-order valence-electron chi connectivity index (χ4n) is 4.99. The van der Waals surface area contributed by atoms with Crippen molar-refractivity contribution in [2.75, 3.05) is 39.3 Å². The van der Waals surface area contributed by atoms with Crippen molar-refractivity contribution in [1.82, 2.24) is 20.1 Å². The van der Waals surface area contributed by atoms with E-state index in [0.29, 0.717) is 10.9 Å². The number of carbonyl (C=O) groups is 1. The van der Waals surface area contributed by atoms with Crippen molar-refractivity contribution in [1.29, 1.82) is 0 Å². The number of aryl methyl sites for hydroxylation is 2. The summed E-state index contributed by atoms with van der Waals surface area (Å²) in [6.45, 7) is 10.9. The summed E-state index contributed by atoms with van der Waals surface area (Å²) in [6, 6.07) is 5.82. The summed E-state index contributed by atoms with van der Waals surface area (Å²) >= 11 is 6.40. The van der Waals surface area contributed by atoms with E-state index in [1.165, 1.54) is 32.4 Å². The third-order valence-electron chi connectivity index (χ3n) is 7.06. The summed E-state index contributed by atoms with van der Waals surface area (Å²) < 4.78 is 5.97. The predicted molar refractivity (Wildman–Crippen MR) is 132 cm³/mol. The highest BCUT2D eigenvalue weighted by Crippen LogP contribution is 2.32. The molecule has 33 heavy (non-hydrogen) atoms. The van der Waals surface area contributed by atoms with E-state index in [9.17, 15) is 4.79 Å². The number of rotatable bonds is 8. The van der Waals surface area contributed by atoms with Gasteiger partial charge in [0.1, 0.15) is 5.76 Å². The lowest BCUT2D eigenvalue weighted by Crippen LogP contribution is -2.41. The van der Waals surface area contributed by atoms with Crippen molar-refractivity contribution in [3.8, 4) is 11.5 Å². The van der Waals surface area contributed by atoms with Gasteiger partial charge in [-0.1, -0.05) is 30.2 Å². The number of benzene rings is 1. The van der Waals surface area contributed by atoms with Crippen LogP contribution in [0.2, 0.25) is 5.02 Å². The van der Waals surface area contributed by atoms with Gasteiger partial charge in [0.2, 0.25) is 11.8 Å². The average Bonchev–Trinajstić information content (AvgIpc) is 3.17. The lowest BCUT2D eigenvalue weighted by Gasteiger charge is -2.31. The van der Waals surface area contributed by atoms with Crippen LogP contribution in [-0.2, 0) is 11.3 Å². The molecule has 0 spiro atoms. The molecule has 1 amide bonds. The zero-order valence-electron chi connectivity index (χ0n) is 20.0. The summed E-state index contributed by atoms with van der Waals surface area (Å²) in [5, 5.41) is 3.83. The van der Waals surface area contributed by atoms with E-state index >= 15 is 0 Å². The fraction of sp³-hybridized carbons (Fsp3) is 0.615. The normalized spacial score (nSPS) is 18.5. The number of halogens is 1. The molecule has 2 fully saturated rings. The van der Waals surface area contributed by atoms with Crippen LogP contribution in [0, 0.1) is 19.8 Å². The van der Waals surface area contributed by atoms with Gasteiger partial charge in [-0.3, -0.25) is 9.69 Å². The van der Waals surface area contributed by atoms with E-state index in [-0.39, 0.29) is 11.8 Å². The molecule has 0 radical (unpaired) electrons. The topological polar surface area (TPSA) is 61.6 Å². The Bertz CT molecular complexity index is 910. The highest BCUT2D eigenvalue weighted by molar-refractivity contribution is 6.33. The lowest BCUT2D eigenvalue weighted by atomic mass is 9.95. The van der Waals surface area contributed by atoms with Gasteiger partial charge in [0, 0.05) is 19.0 Å². The van der Waals surface area contributed by atoms with Gasteiger partial charge in [0.15, 0.2) is 0 Å². The molecule has 1 N–H and O–H groups in total. The number of hydrogen-bond donors (Lipinski definition) is 1. The Labute approximate surface area is 202 Å². The number of nitrogens with one attached hydrogen (secondary N) is 1. The Morgan fingerprint density at radius 1 is 1.12 bits per heavy atom. The third-order valence-corrected chi connectivity index (χ3v) is 7.37. The molecule has 0 unspecified atom stereocenters. The SMILES string of the molecule is Cc1cccc(Cl)c1-c1nc(CN2CCC(C(=O)NCCCN3CCCCC3)CC2)c(C)o1. The zero-order chi connectivity index (χ0) is 23.2. The van der Waals surface area contributed by atoms with Crippen LogP contribution in [0.5, 0.6) is 0 Å². The molecule has 0 aliphatic carbocycles. The molecule has 2 aliphatic rings. The Kier molecular flexibility index (Phi) is 8.45. The summed E-state index contributed by atoms with van der Waals surface area (Å²) in [5.41, 5.74) is 2.87. The molecule has 6 nitrogen and oxygen atoms in total. The van der Waals surface area contributed by atoms with Crippen LogP contribution in [0.25, 0.3) is 11.5 Å². The molecule has 2 aromatic rings. The van der Waals surface area contributed by atoms with E-state index < -0.39 is 0 Å². The van der Waals surface area contributed by atoms with Gasteiger partial charge in [-0.25, -0.2) is 4.98 Å². The number of aromatic nitrogens is 1. The van der Waals surface area contributed by atoms with Crippen molar-refractivity contribution in [2.45, 2.75) is 58.9 Å². The standard InChI is InChI=1S/C26H37ClN4O2/c1-19-8-6-9-22(27)24(19)26-29-23(20(2)33-26)18-31-16-10-21(11-17-31)25(32)28-12-7-15-30-13-4-3-5-14-30/h6,8-9,21H,3-5,7,10-18H2,1-2H3,(H,28,32). The average molecular weight is 473 g/mol. The first kappa shape index (κ1) is 24.2. The minimum absolute atomic E-state index is 0.121. The second-order valence-electron chi connectivity index (χ2n) is 9.55. The number of oxazole rings is 1. The summed E-state index contributed by atoms with van der Waals surface area (Å²) in [6.07, 6.45) is 6.84. The third kappa shape index (κ3) is 6.37. The Morgan fingerprint density at radius 3 is 2.61 bits per heavy atom. The number of hydrogen-bond acceptors (Lipinski definition) is 5. The van der Waals surface area contributed by atoms with Gasteiger partial charge in [0.25, 0.3) is 0 Å². The second kappa shape index (κ2) is 11.5. The van der Waals surface area contributed by atoms with Gasteiger partial charge in [-0.05, 0) is 90.3 Å². The molecule has 3 heterocycles. The molecular formula is C26H37ClN4O2. The van der Waals surface area contributed by atoms with E-state index in [0.717, 1.165) is 74.6 Å². The Morgan fingerprint density at radius 2 is 1.88 bits per heavy atom. The molecule has 1 aromatic heterocycles. The zero-order valence-corrected chi connectivity index (χ0v) is 20.8. The second-order valence-corrected chi connectivity index (χ2v) is 9.96. The molecule has 180 valence electrons. The largest absolute Gasteiger partial charge is 0.441 e. The van der Waals surface area contributed by atoms with E-state index in [1.807, 2.05) is 32.0 Å². The number of amides is 1.